The lowest BCUT2D eigenvalue weighted by Gasteiger charge is -2.27. The van der Waals surface area contributed by atoms with Crippen molar-refractivity contribution in [2.24, 2.45) is 0 Å². The molecule has 126 valence electrons. The van der Waals surface area contributed by atoms with Crippen molar-refractivity contribution in [2.75, 3.05) is 18.3 Å². The van der Waals surface area contributed by atoms with Gasteiger partial charge >= 0.3 is 0 Å². The molecule has 0 aliphatic carbocycles. The molecule has 1 aliphatic heterocycles. The zero-order chi connectivity index (χ0) is 16.9. The number of aromatic nitrogens is 2. The standard InChI is InChI=1S/C15H15ClN4O2S2/c1-19-6-5-10-3-2-4-12(11(10)9-19)18-24(21,22)14-13(16)17-15-20(14)7-8-23-15/h2-4,7-8,18H,5-6,9H2,1H3. The summed E-state index contributed by atoms with van der Waals surface area (Å²) in [6.07, 6.45) is 2.56. The van der Waals surface area contributed by atoms with E-state index < -0.39 is 10.0 Å². The van der Waals surface area contributed by atoms with Gasteiger partial charge in [-0.15, -0.1) is 11.3 Å². The first kappa shape index (κ1) is 15.9. The number of anilines is 1. The van der Waals surface area contributed by atoms with Gasteiger partial charge in [0, 0.05) is 24.7 Å². The van der Waals surface area contributed by atoms with Crippen LogP contribution in [0.3, 0.4) is 0 Å². The number of imidazole rings is 1. The summed E-state index contributed by atoms with van der Waals surface area (Å²) in [6.45, 7) is 1.68. The molecule has 9 heteroatoms. The van der Waals surface area contributed by atoms with Gasteiger partial charge in [-0.3, -0.25) is 9.12 Å². The Morgan fingerprint density at radius 2 is 2.21 bits per heavy atom. The highest BCUT2D eigenvalue weighted by atomic mass is 35.5. The molecular weight excluding hydrogens is 368 g/mol. The Hall–Kier alpha value is -1.61. The number of fused-ring (bicyclic) bond motifs is 2. The van der Waals surface area contributed by atoms with E-state index in [0.717, 1.165) is 18.5 Å². The van der Waals surface area contributed by atoms with E-state index in [4.69, 9.17) is 11.6 Å². The highest BCUT2D eigenvalue weighted by Crippen LogP contribution is 2.30. The molecule has 1 aliphatic rings. The number of hydrogen-bond donors (Lipinski definition) is 1. The van der Waals surface area contributed by atoms with Gasteiger partial charge in [-0.2, -0.15) is 8.42 Å². The van der Waals surface area contributed by atoms with Gasteiger partial charge in [0.1, 0.15) is 0 Å². The molecule has 3 heterocycles. The normalized spacial score (nSPS) is 15.6. The Labute approximate surface area is 148 Å². The first-order valence-electron chi connectivity index (χ1n) is 7.39. The molecule has 0 spiro atoms. The van der Waals surface area contributed by atoms with E-state index in [1.54, 1.807) is 17.6 Å². The van der Waals surface area contributed by atoms with Crippen molar-refractivity contribution in [3.63, 3.8) is 0 Å². The van der Waals surface area contributed by atoms with Gasteiger partial charge in [0.2, 0.25) is 0 Å². The predicted octanol–water partition coefficient (Wildman–Crippen LogP) is 2.84. The lowest BCUT2D eigenvalue weighted by atomic mass is 9.99. The van der Waals surface area contributed by atoms with E-state index in [2.05, 4.69) is 14.6 Å². The van der Waals surface area contributed by atoms with Crippen LogP contribution in [0.2, 0.25) is 5.15 Å². The lowest BCUT2D eigenvalue weighted by Crippen LogP contribution is -2.28. The number of benzene rings is 1. The van der Waals surface area contributed by atoms with Gasteiger partial charge in [0.05, 0.1) is 5.69 Å². The maximum Gasteiger partial charge on any atom is 0.281 e. The summed E-state index contributed by atoms with van der Waals surface area (Å²) in [5.41, 5.74) is 2.78. The Morgan fingerprint density at radius 1 is 1.38 bits per heavy atom. The molecule has 3 aromatic rings. The van der Waals surface area contributed by atoms with E-state index in [0.29, 0.717) is 17.2 Å². The second-order valence-electron chi connectivity index (χ2n) is 5.80. The lowest BCUT2D eigenvalue weighted by molar-refractivity contribution is 0.313. The summed E-state index contributed by atoms with van der Waals surface area (Å²) in [4.78, 5) is 6.82. The van der Waals surface area contributed by atoms with Crippen molar-refractivity contribution in [1.82, 2.24) is 14.3 Å². The van der Waals surface area contributed by atoms with Crippen molar-refractivity contribution in [2.45, 2.75) is 18.0 Å². The van der Waals surface area contributed by atoms with Crippen LogP contribution in [0.15, 0.2) is 34.8 Å². The first-order valence-corrected chi connectivity index (χ1v) is 10.1. The zero-order valence-electron chi connectivity index (χ0n) is 12.9. The van der Waals surface area contributed by atoms with Gasteiger partial charge in [0.15, 0.2) is 15.1 Å². The van der Waals surface area contributed by atoms with Crippen LogP contribution in [0.1, 0.15) is 11.1 Å². The van der Waals surface area contributed by atoms with E-state index in [9.17, 15) is 8.42 Å². The van der Waals surface area contributed by atoms with Crippen molar-refractivity contribution < 1.29 is 8.42 Å². The number of sulfonamides is 1. The SMILES string of the molecule is CN1CCc2cccc(NS(=O)(=O)c3c(Cl)nc4sccn34)c2C1. The number of rotatable bonds is 3. The summed E-state index contributed by atoms with van der Waals surface area (Å²) in [7, 11) is -1.82. The molecule has 0 atom stereocenters. The fourth-order valence-electron chi connectivity index (χ4n) is 2.98. The average Bonchev–Trinajstić information content (AvgIpc) is 3.07. The second-order valence-corrected chi connectivity index (χ2v) is 8.63. The molecule has 0 radical (unpaired) electrons. The van der Waals surface area contributed by atoms with Crippen molar-refractivity contribution >= 4 is 43.6 Å². The summed E-state index contributed by atoms with van der Waals surface area (Å²) in [6, 6.07) is 5.71. The second kappa shape index (κ2) is 5.73. The third-order valence-corrected chi connectivity index (χ3v) is 6.66. The molecule has 6 nitrogen and oxygen atoms in total. The summed E-state index contributed by atoms with van der Waals surface area (Å²) < 4.78 is 30.0. The summed E-state index contributed by atoms with van der Waals surface area (Å²) in [5, 5.41) is 1.73. The molecule has 24 heavy (non-hydrogen) atoms. The Balaban J connectivity index is 1.78. The third kappa shape index (κ3) is 2.59. The van der Waals surface area contributed by atoms with E-state index in [-0.39, 0.29) is 10.2 Å². The highest BCUT2D eigenvalue weighted by molar-refractivity contribution is 7.92. The van der Waals surface area contributed by atoms with Crippen molar-refractivity contribution in [3.05, 3.63) is 46.1 Å². The van der Waals surface area contributed by atoms with E-state index >= 15 is 0 Å². The van der Waals surface area contributed by atoms with Crippen LogP contribution in [0.4, 0.5) is 5.69 Å². The smallest absolute Gasteiger partial charge is 0.281 e. The number of nitrogens with zero attached hydrogens (tertiary/aromatic N) is 3. The van der Waals surface area contributed by atoms with Crippen LogP contribution in [0.5, 0.6) is 0 Å². The fourth-order valence-corrected chi connectivity index (χ4v) is 5.53. The molecular formula is C15H15ClN4O2S2. The molecule has 0 fully saturated rings. The van der Waals surface area contributed by atoms with Crippen LogP contribution < -0.4 is 4.72 Å². The van der Waals surface area contributed by atoms with Crippen molar-refractivity contribution in [1.29, 1.82) is 0 Å². The topological polar surface area (TPSA) is 66.7 Å². The fraction of sp³-hybridized carbons (Fsp3) is 0.267. The monoisotopic (exact) mass is 382 g/mol. The maximum absolute atomic E-state index is 12.9. The Bertz CT molecular complexity index is 1030. The van der Waals surface area contributed by atoms with E-state index in [1.807, 2.05) is 19.2 Å². The Kier molecular flexibility index (Phi) is 3.80. The van der Waals surface area contributed by atoms with Crippen LogP contribution in [0, 0.1) is 0 Å². The van der Waals surface area contributed by atoms with Gasteiger partial charge in [-0.25, -0.2) is 4.98 Å². The Morgan fingerprint density at radius 3 is 3.04 bits per heavy atom. The highest BCUT2D eigenvalue weighted by Gasteiger charge is 2.27. The number of hydrogen-bond acceptors (Lipinski definition) is 5. The predicted molar refractivity (Wildman–Crippen MR) is 95.4 cm³/mol. The van der Waals surface area contributed by atoms with Crippen LogP contribution in [0.25, 0.3) is 4.96 Å². The van der Waals surface area contributed by atoms with Crippen molar-refractivity contribution in [3.8, 4) is 0 Å². The molecule has 1 N–H and O–H groups in total. The van der Waals surface area contributed by atoms with Gasteiger partial charge in [0.25, 0.3) is 10.0 Å². The van der Waals surface area contributed by atoms with Crippen LogP contribution >= 0.6 is 22.9 Å². The third-order valence-electron chi connectivity index (χ3n) is 4.14. The quantitative estimate of drug-likeness (QED) is 0.756. The summed E-state index contributed by atoms with van der Waals surface area (Å²) in [5.74, 6) is 0. The van der Waals surface area contributed by atoms with Crippen LogP contribution in [-0.2, 0) is 23.0 Å². The van der Waals surface area contributed by atoms with Crippen LogP contribution in [-0.4, -0.2) is 36.3 Å². The minimum absolute atomic E-state index is 0.0173. The van der Waals surface area contributed by atoms with E-state index in [1.165, 1.54) is 21.3 Å². The molecule has 0 saturated heterocycles. The molecule has 2 aromatic heterocycles. The molecule has 0 saturated carbocycles. The number of likely N-dealkylation sites (N-methyl/N-ethyl adjacent to an activating group) is 1. The first-order chi connectivity index (χ1) is 11.5. The molecule has 4 rings (SSSR count). The molecule has 0 amide bonds. The summed E-state index contributed by atoms with van der Waals surface area (Å²) >= 11 is 7.41. The minimum Gasteiger partial charge on any atom is -0.302 e. The number of thiazole rings is 1. The molecule has 1 aromatic carbocycles. The maximum atomic E-state index is 12.9. The zero-order valence-corrected chi connectivity index (χ0v) is 15.2. The van der Waals surface area contributed by atoms with Gasteiger partial charge in [-0.05, 0) is 30.7 Å². The number of nitrogens with one attached hydrogen (secondary N) is 1. The van der Waals surface area contributed by atoms with Gasteiger partial charge < -0.3 is 4.90 Å². The average molecular weight is 383 g/mol. The molecule has 0 bridgehead atoms. The minimum atomic E-state index is -3.84. The molecule has 0 unspecified atom stereocenters. The largest absolute Gasteiger partial charge is 0.302 e. The van der Waals surface area contributed by atoms with Gasteiger partial charge in [-0.1, -0.05) is 23.7 Å². The number of halogens is 1.